The quantitative estimate of drug-likeness (QED) is 0.767. The molecule has 2 heterocycles. The van der Waals surface area contributed by atoms with Gasteiger partial charge in [0.2, 0.25) is 5.91 Å². The van der Waals surface area contributed by atoms with Gasteiger partial charge in [-0.2, -0.15) is 4.31 Å². The maximum absolute atomic E-state index is 12.6. The number of hydrogen-bond acceptors (Lipinski definition) is 6. The van der Waals surface area contributed by atoms with Gasteiger partial charge in [-0.25, -0.2) is 8.42 Å². The van der Waals surface area contributed by atoms with E-state index in [4.69, 9.17) is 10.5 Å². The largest absolute Gasteiger partial charge is 0.378 e. The molecule has 1 atom stereocenters. The van der Waals surface area contributed by atoms with Crippen molar-refractivity contribution in [2.75, 3.05) is 26.8 Å². The molecule has 1 unspecified atom stereocenters. The summed E-state index contributed by atoms with van der Waals surface area (Å²) >= 11 is 1.13. The minimum atomic E-state index is -3.70. The summed E-state index contributed by atoms with van der Waals surface area (Å²) in [6.07, 6.45) is 0. The molecule has 0 spiro atoms. The Morgan fingerprint density at radius 3 is 2.95 bits per heavy atom. The first kappa shape index (κ1) is 15.4. The van der Waals surface area contributed by atoms with E-state index in [0.717, 1.165) is 16.2 Å². The summed E-state index contributed by atoms with van der Waals surface area (Å²) in [5, 5.41) is 2.46. The molecule has 7 nitrogen and oxygen atoms in total. The van der Waals surface area contributed by atoms with Crippen molar-refractivity contribution >= 4 is 27.3 Å². The number of morpholine rings is 1. The summed E-state index contributed by atoms with van der Waals surface area (Å²) in [5.74, 6) is -0.371. The number of ether oxygens (including phenoxy) is 1. The van der Waals surface area contributed by atoms with Gasteiger partial charge in [0.05, 0.1) is 13.2 Å². The van der Waals surface area contributed by atoms with Crippen molar-refractivity contribution in [2.45, 2.75) is 16.8 Å². The van der Waals surface area contributed by atoms with Gasteiger partial charge >= 0.3 is 0 Å². The van der Waals surface area contributed by atoms with E-state index in [0.29, 0.717) is 6.54 Å². The van der Waals surface area contributed by atoms with Crippen molar-refractivity contribution in [1.82, 2.24) is 9.62 Å². The molecule has 0 aliphatic carbocycles. The zero-order chi connectivity index (χ0) is 14.8. The first-order valence-corrected chi connectivity index (χ1v) is 8.36. The van der Waals surface area contributed by atoms with Crippen LogP contribution in [0.3, 0.4) is 0 Å². The number of carbonyl (C=O) groups excluding carboxylic acids is 1. The zero-order valence-corrected chi connectivity index (χ0v) is 12.7. The molecule has 0 bridgehead atoms. The Bertz CT molecular complexity index is 584. The highest BCUT2D eigenvalue weighted by molar-refractivity contribution is 7.91. The number of likely N-dealkylation sites (N-methyl/N-ethyl adjacent to an activating group) is 1. The Morgan fingerprint density at radius 1 is 1.60 bits per heavy atom. The molecule has 112 valence electrons. The average molecular weight is 319 g/mol. The van der Waals surface area contributed by atoms with Gasteiger partial charge in [0.1, 0.15) is 10.3 Å². The van der Waals surface area contributed by atoms with Gasteiger partial charge in [-0.1, -0.05) is 0 Å². The van der Waals surface area contributed by atoms with E-state index in [2.05, 4.69) is 5.32 Å². The fourth-order valence-corrected chi connectivity index (χ4v) is 4.89. The molecule has 1 aromatic rings. The van der Waals surface area contributed by atoms with Gasteiger partial charge in [-0.15, -0.1) is 11.3 Å². The highest BCUT2D eigenvalue weighted by Crippen LogP contribution is 2.27. The second-order valence-corrected chi connectivity index (χ2v) is 7.53. The molecular weight excluding hydrogens is 302 g/mol. The lowest BCUT2D eigenvalue weighted by Gasteiger charge is -2.32. The Kier molecular flexibility index (Phi) is 4.76. The van der Waals surface area contributed by atoms with Gasteiger partial charge in [0.15, 0.2) is 0 Å². The second-order valence-electron chi connectivity index (χ2n) is 4.25. The van der Waals surface area contributed by atoms with Crippen LogP contribution in [0, 0.1) is 0 Å². The lowest BCUT2D eigenvalue weighted by atomic mass is 10.2. The van der Waals surface area contributed by atoms with Crippen LogP contribution in [0.5, 0.6) is 0 Å². The molecule has 1 fully saturated rings. The molecule has 1 aliphatic heterocycles. The lowest BCUT2D eigenvalue weighted by Crippen LogP contribution is -2.55. The van der Waals surface area contributed by atoms with Crippen LogP contribution in [0.4, 0.5) is 0 Å². The third kappa shape index (κ3) is 2.86. The number of nitrogens with zero attached hydrogens (tertiary/aromatic N) is 1. The average Bonchev–Trinajstić information content (AvgIpc) is 2.96. The van der Waals surface area contributed by atoms with E-state index < -0.39 is 16.1 Å². The van der Waals surface area contributed by atoms with E-state index in [1.54, 1.807) is 6.07 Å². The van der Waals surface area contributed by atoms with Gasteiger partial charge in [-0.3, -0.25) is 4.79 Å². The van der Waals surface area contributed by atoms with Crippen LogP contribution >= 0.6 is 11.3 Å². The van der Waals surface area contributed by atoms with Crippen molar-refractivity contribution in [3.63, 3.8) is 0 Å². The van der Waals surface area contributed by atoms with Crippen LogP contribution in [-0.4, -0.2) is 51.5 Å². The molecule has 0 saturated carbocycles. The van der Waals surface area contributed by atoms with Crippen molar-refractivity contribution in [3.8, 4) is 0 Å². The second kappa shape index (κ2) is 6.19. The van der Waals surface area contributed by atoms with E-state index in [1.807, 2.05) is 0 Å². The lowest BCUT2D eigenvalue weighted by molar-refractivity contribution is -0.128. The molecular formula is C11H17N3O4S2. The number of amides is 1. The van der Waals surface area contributed by atoms with Crippen LogP contribution < -0.4 is 11.1 Å². The minimum absolute atomic E-state index is 0.0635. The van der Waals surface area contributed by atoms with Crippen LogP contribution in [0.25, 0.3) is 0 Å². The third-order valence-electron chi connectivity index (χ3n) is 3.03. The molecule has 0 radical (unpaired) electrons. The van der Waals surface area contributed by atoms with Crippen molar-refractivity contribution in [2.24, 2.45) is 5.73 Å². The van der Waals surface area contributed by atoms with Gasteiger partial charge in [0.25, 0.3) is 10.0 Å². The fourth-order valence-electron chi connectivity index (χ4n) is 1.97. The van der Waals surface area contributed by atoms with Gasteiger partial charge < -0.3 is 15.8 Å². The summed E-state index contributed by atoms with van der Waals surface area (Å²) in [7, 11) is -2.23. The number of carbonyl (C=O) groups is 1. The molecule has 1 amide bonds. The van der Waals surface area contributed by atoms with Crippen LogP contribution in [0.1, 0.15) is 4.88 Å². The fraction of sp³-hybridized carbons (Fsp3) is 0.545. The molecule has 20 heavy (non-hydrogen) atoms. The maximum Gasteiger partial charge on any atom is 0.253 e. The van der Waals surface area contributed by atoms with E-state index >= 15 is 0 Å². The third-order valence-corrected chi connectivity index (χ3v) is 6.51. The van der Waals surface area contributed by atoms with Crippen molar-refractivity contribution < 1.29 is 17.9 Å². The summed E-state index contributed by atoms with van der Waals surface area (Å²) in [6, 6.07) is 2.38. The summed E-state index contributed by atoms with van der Waals surface area (Å²) in [4.78, 5) is 12.6. The number of nitrogens with two attached hydrogens (primary N) is 1. The molecule has 9 heteroatoms. The van der Waals surface area contributed by atoms with E-state index in [1.165, 1.54) is 17.4 Å². The Hall–Kier alpha value is -1.00. The Balaban J connectivity index is 2.32. The smallest absolute Gasteiger partial charge is 0.253 e. The monoisotopic (exact) mass is 319 g/mol. The van der Waals surface area contributed by atoms with E-state index in [9.17, 15) is 13.2 Å². The molecule has 3 N–H and O–H groups in total. The molecule has 1 saturated heterocycles. The number of thiophene rings is 1. The Labute approximate surface area is 121 Å². The van der Waals surface area contributed by atoms with Crippen LogP contribution in [-0.2, 0) is 26.1 Å². The van der Waals surface area contributed by atoms with Crippen molar-refractivity contribution in [1.29, 1.82) is 0 Å². The normalized spacial score (nSPS) is 20.8. The SMILES string of the molecule is CNC(=O)C1COCCN1S(=O)(=O)c1ccc(CN)s1. The van der Waals surface area contributed by atoms with Gasteiger partial charge in [-0.05, 0) is 12.1 Å². The first-order chi connectivity index (χ1) is 9.50. The zero-order valence-electron chi connectivity index (χ0n) is 11.0. The number of sulfonamides is 1. The highest BCUT2D eigenvalue weighted by Gasteiger charge is 2.38. The van der Waals surface area contributed by atoms with Crippen LogP contribution in [0.15, 0.2) is 16.3 Å². The molecule has 2 rings (SSSR count). The summed E-state index contributed by atoms with van der Waals surface area (Å²) < 4.78 is 31.8. The highest BCUT2D eigenvalue weighted by atomic mass is 32.2. The summed E-state index contributed by atoms with van der Waals surface area (Å²) in [5.41, 5.74) is 5.50. The predicted molar refractivity (Wildman–Crippen MR) is 74.8 cm³/mol. The molecule has 1 aromatic heterocycles. The maximum atomic E-state index is 12.6. The minimum Gasteiger partial charge on any atom is -0.378 e. The standard InChI is InChI=1S/C11H17N3O4S2/c1-13-11(15)9-7-18-5-4-14(9)20(16,17)10-3-2-8(6-12)19-10/h2-3,9H,4-7,12H2,1H3,(H,13,15). The topological polar surface area (TPSA) is 102 Å². The molecule has 0 aromatic carbocycles. The number of rotatable bonds is 4. The Morgan fingerprint density at radius 2 is 2.35 bits per heavy atom. The predicted octanol–water partition coefficient (Wildman–Crippen LogP) is -0.658. The van der Waals surface area contributed by atoms with Crippen LogP contribution in [0.2, 0.25) is 0 Å². The van der Waals surface area contributed by atoms with E-state index in [-0.39, 0.29) is 29.9 Å². The number of nitrogens with one attached hydrogen (secondary N) is 1. The molecule has 1 aliphatic rings. The van der Waals surface area contributed by atoms with Crippen molar-refractivity contribution in [3.05, 3.63) is 17.0 Å². The van der Waals surface area contributed by atoms with Gasteiger partial charge in [0, 0.05) is 25.0 Å². The number of hydrogen-bond donors (Lipinski definition) is 2. The summed E-state index contributed by atoms with van der Waals surface area (Å²) in [6.45, 7) is 0.800. The first-order valence-electron chi connectivity index (χ1n) is 6.10.